The van der Waals surface area contributed by atoms with E-state index in [0.717, 1.165) is 12.1 Å². The highest BCUT2D eigenvalue weighted by molar-refractivity contribution is 8.07. The summed E-state index contributed by atoms with van der Waals surface area (Å²) in [4.78, 5) is 8.39. The predicted molar refractivity (Wildman–Crippen MR) is 78.7 cm³/mol. The first-order valence-electron chi connectivity index (χ1n) is 6.39. The fraction of sp³-hybridized carbons (Fsp3) is 0.667. The first-order chi connectivity index (χ1) is 8.99. The van der Waals surface area contributed by atoms with Gasteiger partial charge >= 0.3 is 12.7 Å². The van der Waals surface area contributed by atoms with Crippen LogP contribution in [-0.2, 0) is 27.3 Å². The molecule has 0 bridgehead atoms. The van der Waals surface area contributed by atoms with Gasteiger partial charge < -0.3 is 4.52 Å². The summed E-state index contributed by atoms with van der Waals surface area (Å²) in [6, 6.07) is 2.10. The molecule has 0 aliphatic heterocycles. The van der Waals surface area contributed by atoms with Crippen LogP contribution in [0.5, 0.6) is 6.01 Å². The van der Waals surface area contributed by atoms with Crippen molar-refractivity contribution in [2.75, 3.05) is 13.2 Å². The van der Waals surface area contributed by atoms with Crippen LogP contribution in [-0.4, -0.2) is 23.2 Å². The van der Waals surface area contributed by atoms with E-state index in [1.54, 1.807) is 6.20 Å². The Hall–Kier alpha value is -0.550. The molecule has 0 aliphatic carbocycles. The highest BCUT2D eigenvalue weighted by Crippen LogP contribution is 2.48. The lowest BCUT2D eigenvalue weighted by atomic mass is 10.1. The van der Waals surface area contributed by atoms with Crippen LogP contribution >= 0.6 is 6.72 Å². The van der Waals surface area contributed by atoms with Gasteiger partial charge in [0.05, 0.1) is 13.2 Å². The van der Waals surface area contributed by atoms with Crippen molar-refractivity contribution in [1.82, 2.24) is 9.97 Å². The molecule has 1 aromatic heterocycles. The Kier molecular flexibility index (Phi) is 6.86. The van der Waals surface area contributed by atoms with Crippen LogP contribution < -0.4 is 4.52 Å². The quantitative estimate of drug-likeness (QED) is 0.687. The van der Waals surface area contributed by atoms with E-state index in [4.69, 9.17) is 25.4 Å². The molecule has 108 valence electrons. The van der Waals surface area contributed by atoms with Gasteiger partial charge in [-0.2, -0.15) is 4.98 Å². The molecule has 1 rings (SSSR count). The molecule has 0 aliphatic rings. The van der Waals surface area contributed by atoms with Crippen molar-refractivity contribution < 1.29 is 13.6 Å². The highest BCUT2D eigenvalue weighted by atomic mass is 32.5. The first kappa shape index (κ1) is 16.5. The van der Waals surface area contributed by atoms with E-state index in [1.165, 1.54) is 0 Å². The van der Waals surface area contributed by atoms with Crippen molar-refractivity contribution >= 4 is 18.5 Å². The van der Waals surface area contributed by atoms with Gasteiger partial charge in [0, 0.05) is 23.7 Å². The van der Waals surface area contributed by atoms with Gasteiger partial charge in [-0.15, -0.1) is 0 Å². The number of rotatable bonds is 8. The van der Waals surface area contributed by atoms with Crippen LogP contribution in [0.1, 0.15) is 33.4 Å². The van der Waals surface area contributed by atoms with Crippen LogP contribution in [0.4, 0.5) is 0 Å². The molecule has 19 heavy (non-hydrogen) atoms. The largest absolute Gasteiger partial charge is 0.389 e. The molecule has 0 unspecified atom stereocenters. The van der Waals surface area contributed by atoms with E-state index in [1.807, 2.05) is 19.9 Å². The summed E-state index contributed by atoms with van der Waals surface area (Å²) >= 11 is 5.28. The van der Waals surface area contributed by atoms with Gasteiger partial charge in [-0.3, -0.25) is 9.05 Å². The predicted octanol–water partition coefficient (Wildman–Crippen LogP) is 3.35. The van der Waals surface area contributed by atoms with Gasteiger partial charge in [0.2, 0.25) is 0 Å². The third-order valence-electron chi connectivity index (χ3n) is 2.08. The normalized spacial score (nSPS) is 11.8. The van der Waals surface area contributed by atoms with Crippen molar-refractivity contribution in [3.05, 3.63) is 18.0 Å². The maximum Gasteiger partial charge on any atom is 0.382 e. The summed E-state index contributed by atoms with van der Waals surface area (Å²) in [5.74, 6) is 0.518. The van der Waals surface area contributed by atoms with Gasteiger partial charge in [0.1, 0.15) is 0 Å². The Morgan fingerprint density at radius 3 is 2.42 bits per heavy atom. The summed E-state index contributed by atoms with van der Waals surface area (Å²) in [6.45, 7) is 6.04. The molecule has 0 fully saturated rings. The molecule has 7 heteroatoms. The zero-order valence-electron chi connectivity index (χ0n) is 11.8. The standard InChI is InChI=1S/C12H21N2O3PS/c1-5-15-18(19,16-6-2)17-12-13-8-7-11(14-12)9-10(3)4/h7-8,10H,5-6,9H2,1-4H3. The van der Waals surface area contributed by atoms with Crippen LogP contribution in [0, 0.1) is 5.92 Å². The molecule has 1 aromatic rings. The summed E-state index contributed by atoms with van der Waals surface area (Å²) in [7, 11) is 0. The van der Waals surface area contributed by atoms with Crippen LogP contribution in [0.15, 0.2) is 12.3 Å². The van der Waals surface area contributed by atoms with Gasteiger partial charge in [-0.1, -0.05) is 13.8 Å². The zero-order valence-corrected chi connectivity index (χ0v) is 13.5. The van der Waals surface area contributed by atoms with Crippen molar-refractivity contribution in [2.24, 2.45) is 5.92 Å². The first-order valence-corrected chi connectivity index (χ1v) is 8.95. The molecule has 1 heterocycles. The Morgan fingerprint density at radius 2 is 1.89 bits per heavy atom. The van der Waals surface area contributed by atoms with E-state index < -0.39 is 6.72 Å². The minimum atomic E-state index is -2.79. The number of aromatic nitrogens is 2. The van der Waals surface area contributed by atoms with Crippen LogP contribution in [0.3, 0.4) is 0 Å². The van der Waals surface area contributed by atoms with Gasteiger partial charge in [0.25, 0.3) is 0 Å². The molecular weight excluding hydrogens is 283 g/mol. The monoisotopic (exact) mass is 304 g/mol. The van der Waals surface area contributed by atoms with Gasteiger partial charge in [0.15, 0.2) is 0 Å². The third kappa shape index (κ3) is 5.95. The average molecular weight is 304 g/mol. The minimum Gasteiger partial charge on any atom is -0.389 e. The molecule has 0 atom stereocenters. The molecule has 0 N–H and O–H groups in total. The van der Waals surface area contributed by atoms with Crippen molar-refractivity contribution in [2.45, 2.75) is 34.1 Å². The van der Waals surface area contributed by atoms with E-state index in [2.05, 4.69) is 23.8 Å². The lowest BCUT2D eigenvalue weighted by Crippen LogP contribution is -2.06. The SMILES string of the molecule is CCOP(=S)(OCC)Oc1nccc(CC(C)C)n1. The molecule has 0 spiro atoms. The van der Waals surface area contributed by atoms with E-state index in [0.29, 0.717) is 19.1 Å². The van der Waals surface area contributed by atoms with Crippen molar-refractivity contribution in [3.63, 3.8) is 0 Å². The highest BCUT2D eigenvalue weighted by Gasteiger charge is 2.22. The smallest absolute Gasteiger partial charge is 0.382 e. The maximum absolute atomic E-state index is 5.56. The summed E-state index contributed by atoms with van der Waals surface area (Å²) < 4.78 is 16.4. The lowest BCUT2D eigenvalue weighted by molar-refractivity contribution is 0.213. The second-order valence-electron chi connectivity index (χ2n) is 4.30. The lowest BCUT2D eigenvalue weighted by Gasteiger charge is -2.19. The Morgan fingerprint density at radius 1 is 1.26 bits per heavy atom. The Bertz CT molecular complexity index is 433. The van der Waals surface area contributed by atoms with Crippen molar-refractivity contribution in [3.8, 4) is 6.01 Å². The zero-order chi connectivity index (χ0) is 14.3. The van der Waals surface area contributed by atoms with Crippen LogP contribution in [0.25, 0.3) is 0 Å². The number of nitrogens with zero attached hydrogens (tertiary/aromatic N) is 2. The number of hydrogen-bond acceptors (Lipinski definition) is 6. The van der Waals surface area contributed by atoms with Gasteiger partial charge in [-0.25, -0.2) is 4.98 Å². The molecule has 0 amide bonds. The Balaban J connectivity index is 2.81. The molecule has 5 nitrogen and oxygen atoms in total. The second kappa shape index (κ2) is 7.90. The fourth-order valence-electron chi connectivity index (χ4n) is 1.46. The third-order valence-corrected chi connectivity index (χ3v) is 4.47. The average Bonchev–Trinajstić information content (AvgIpc) is 2.28. The van der Waals surface area contributed by atoms with Gasteiger partial charge in [-0.05, 0) is 32.3 Å². The second-order valence-corrected chi connectivity index (χ2v) is 7.24. The summed E-state index contributed by atoms with van der Waals surface area (Å²) in [5.41, 5.74) is 0.926. The van der Waals surface area contributed by atoms with Crippen molar-refractivity contribution in [1.29, 1.82) is 0 Å². The number of hydrogen-bond donors (Lipinski definition) is 0. The summed E-state index contributed by atoms with van der Waals surface area (Å²) in [6.07, 6.45) is 2.53. The molecule has 0 aromatic carbocycles. The van der Waals surface area contributed by atoms with E-state index >= 15 is 0 Å². The molecule has 0 radical (unpaired) electrons. The molecule has 0 saturated carbocycles. The molecule has 0 saturated heterocycles. The topological polar surface area (TPSA) is 53.5 Å². The Labute approximate surface area is 120 Å². The van der Waals surface area contributed by atoms with E-state index in [9.17, 15) is 0 Å². The fourth-order valence-corrected chi connectivity index (χ4v) is 3.39. The van der Waals surface area contributed by atoms with E-state index in [-0.39, 0.29) is 6.01 Å². The molecular formula is C12H21N2O3PS. The summed E-state index contributed by atoms with van der Waals surface area (Å²) in [5, 5.41) is 0. The van der Waals surface area contributed by atoms with Crippen LogP contribution in [0.2, 0.25) is 0 Å². The minimum absolute atomic E-state index is 0.225. The maximum atomic E-state index is 5.56.